The fourth-order valence-electron chi connectivity index (χ4n) is 2.88. The van der Waals surface area contributed by atoms with Gasteiger partial charge in [0.2, 0.25) is 5.91 Å². The van der Waals surface area contributed by atoms with E-state index in [1.54, 1.807) is 27.7 Å². The van der Waals surface area contributed by atoms with Gasteiger partial charge >= 0.3 is 0 Å². The summed E-state index contributed by atoms with van der Waals surface area (Å²) in [7, 11) is 0. The predicted molar refractivity (Wildman–Crippen MR) is 82.5 cm³/mol. The summed E-state index contributed by atoms with van der Waals surface area (Å²) in [6.45, 7) is 8.90. The van der Waals surface area contributed by atoms with Gasteiger partial charge in [0.25, 0.3) is 0 Å². The molecule has 2 N–H and O–H groups in total. The SMILES string of the molecule is CCCC(CC(C)C(N)=O)C1=C(C)C(=O)C(C)=C(C)C1=O. The third kappa shape index (κ3) is 3.49. The molecule has 2 atom stereocenters. The first-order valence-electron chi connectivity index (χ1n) is 7.49. The molecule has 0 aromatic rings. The normalized spacial score (nSPS) is 19.1. The Hall–Kier alpha value is -1.71. The maximum Gasteiger partial charge on any atom is 0.220 e. The monoisotopic (exact) mass is 291 g/mol. The lowest BCUT2D eigenvalue weighted by molar-refractivity contribution is -0.122. The molecule has 4 heteroatoms. The van der Waals surface area contributed by atoms with Crippen LogP contribution in [0.5, 0.6) is 0 Å². The number of carbonyl (C=O) groups excluding carboxylic acids is 3. The maximum atomic E-state index is 12.6. The number of primary amides is 1. The summed E-state index contributed by atoms with van der Waals surface area (Å²) in [6.07, 6.45) is 2.17. The quantitative estimate of drug-likeness (QED) is 0.764. The molecule has 0 bridgehead atoms. The Bertz CT molecular complexity index is 540. The molecule has 0 aliphatic heterocycles. The van der Waals surface area contributed by atoms with E-state index in [-0.39, 0.29) is 29.3 Å². The molecule has 0 saturated heterocycles. The highest BCUT2D eigenvalue weighted by Crippen LogP contribution is 2.34. The first kappa shape index (κ1) is 17.3. The van der Waals surface area contributed by atoms with Crippen molar-refractivity contribution in [2.24, 2.45) is 17.6 Å². The van der Waals surface area contributed by atoms with Gasteiger partial charge in [0, 0.05) is 28.2 Å². The van der Waals surface area contributed by atoms with E-state index in [2.05, 4.69) is 0 Å². The molecular formula is C17H25NO3. The number of hydrogen-bond donors (Lipinski definition) is 1. The molecule has 1 aliphatic carbocycles. The van der Waals surface area contributed by atoms with Crippen LogP contribution in [0.3, 0.4) is 0 Å². The zero-order valence-electron chi connectivity index (χ0n) is 13.6. The molecule has 2 unspecified atom stereocenters. The van der Waals surface area contributed by atoms with Crippen LogP contribution in [-0.4, -0.2) is 17.5 Å². The van der Waals surface area contributed by atoms with Crippen molar-refractivity contribution >= 4 is 17.5 Å². The molecule has 0 heterocycles. The van der Waals surface area contributed by atoms with Crippen LogP contribution in [0.1, 0.15) is 53.9 Å². The molecule has 1 amide bonds. The highest BCUT2D eigenvalue weighted by Gasteiger charge is 2.33. The Morgan fingerprint density at radius 2 is 1.57 bits per heavy atom. The average Bonchev–Trinajstić information content (AvgIpc) is 2.43. The smallest absolute Gasteiger partial charge is 0.220 e. The third-order valence-corrected chi connectivity index (χ3v) is 4.40. The molecule has 0 radical (unpaired) electrons. The lowest BCUT2D eigenvalue weighted by atomic mass is 9.75. The van der Waals surface area contributed by atoms with E-state index in [0.717, 1.165) is 12.8 Å². The van der Waals surface area contributed by atoms with Gasteiger partial charge in [-0.2, -0.15) is 0 Å². The van der Waals surface area contributed by atoms with Crippen molar-refractivity contribution in [1.82, 2.24) is 0 Å². The van der Waals surface area contributed by atoms with Crippen LogP contribution < -0.4 is 5.73 Å². The highest BCUT2D eigenvalue weighted by molar-refractivity contribution is 6.24. The second kappa shape index (κ2) is 6.83. The van der Waals surface area contributed by atoms with E-state index in [9.17, 15) is 14.4 Å². The molecular weight excluding hydrogens is 266 g/mol. The number of rotatable bonds is 6. The number of amides is 1. The zero-order valence-corrected chi connectivity index (χ0v) is 13.6. The highest BCUT2D eigenvalue weighted by atomic mass is 16.1. The van der Waals surface area contributed by atoms with Gasteiger partial charge in [0.05, 0.1) is 0 Å². The summed E-state index contributed by atoms with van der Waals surface area (Å²) in [5, 5.41) is 0. The maximum absolute atomic E-state index is 12.6. The minimum Gasteiger partial charge on any atom is -0.369 e. The first-order valence-corrected chi connectivity index (χ1v) is 7.49. The molecule has 0 spiro atoms. The Kier molecular flexibility index (Phi) is 5.64. The van der Waals surface area contributed by atoms with Gasteiger partial charge in [-0.15, -0.1) is 0 Å². The van der Waals surface area contributed by atoms with Crippen molar-refractivity contribution in [3.8, 4) is 0 Å². The van der Waals surface area contributed by atoms with Crippen LogP contribution in [0.15, 0.2) is 22.3 Å². The molecule has 1 rings (SSSR count). The topological polar surface area (TPSA) is 77.2 Å². The fourth-order valence-corrected chi connectivity index (χ4v) is 2.88. The van der Waals surface area contributed by atoms with Gasteiger partial charge in [-0.05, 0) is 39.5 Å². The van der Waals surface area contributed by atoms with E-state index < -0.39 is 0 Å². The van der Waals surface area contributed by atoms with Gasteiger partial charge in [-0.25, -0.2) is 0 Å². The zero-order chi connectivity index (χ0) is 16.3. The number of allylic oxidation sites excluding steroid dienone is 4. The number of hydrogen-bond acceptors (Lipinski definition) is 3. The Labute approximate surface area is 126 Å². The largest absolute Gasteiger partial charge is 0.369 e. The average molecular weight is 291 g/mol. The van der Waals surface area contributed by atoms with Gasteiger partial charge in [0.1, 0.15) is 0 Å². The van der Waals surface area contributed by atoms with Crippen molar-refractivity contribution in [1.29, 1.82) is 0 Å². The van der Waals surface area contributed by atoms with Crippen LogP contribution in [0, 0.1) is 11.8 Å². The third-order valence-electron chi connectivity index (χ3n) is 4.40. The van der Waals surface area contributed by atoms with Crippen LogP contribution >= 0.6 is 0 Å². The van der Waals surface area contributed by atoms with Gasteiger partial charge < -0.3 is 5.73 Å². The van der Waals surface area contributed by atoms with Gasteiger partial charge in [-0.3, -0.25) is 14.4 Å². The van der Waals surface area contributed by atoms with E-state index in [1.165, 1.54) is 0 Å². The Morgan fingerprint density at radius 1 is 1.05 bits per heavy atom. The van der Waals surface area contributed by atoms with E-state index in [0.29, 0.717) is 28.7 Å². The molecule has 0 aromatic carbocycles. The molecule has 1 aliphatic rings. The van der Waals surface area contributed by atoms with Crippen molar-refractivity contribution in [2.45, 2.75) is 53.9 Å². The standard InChI is InChI=1S/C17H25NO3/c1-6-7-13(8-9(2)17(18)21)14-12(5)15(19)10(3)11(4)16(14)20/h9,13H,6-8H2,1-5H3,(H2,18,21). The Balaban J connectivity index is 3.21. The predicted octanol–water partition coefficient (Wildman–Crippen LogP) is 2.72. The summed E-state index contributed by atoms with van der Waals surface area (Å²) in [5.74, 6) is -0.879. The molecule has 4 nitrogen and oxygen atoms in total. The number of ketones is 2. The molecule has 116 valence electrons. The summed E-state index contributed by atoms with van der Waals surface area (Å²) < 4.78 is 0. The van der Waals surface area contributed by atoms with Crippen molar-refractivity contribution in [2.75, 3.05) is 0 Å². The lowest BCUT2D eigenvalue weighted by Crippen LogP contribution is -2.29. The van der Waals surface area contributed by atoms with Crippen molar-refractivity contribution in [3.63, 3.8) is 0 Å². The van der Waals surface area contributed by atoms with Gasteiger partial charge in [0.15, 0.2) is 11.6 Å². The minimum absolute atomic E-state index is 0.0558. The molecule has 21 heavy (non-hydrogen) atoms. The fraction of sp³-hybridized carbons (Fsp3) is 0.588. The summed E-state index contributed by atoms with van der Waals surface area (Å²) in [6, 6.07) is 0. The van der Waals surface area contributed by atoms with Gasteiger partial charge in [-0.1, -0.05) is 20.3 Å². The molecule has 0 saturated carbocycles. The summed E-state index contributed by atoms with van der Waals surface area (Å²) in [5.41, 5.74) is 7.50. The van der Waals surface area contributed by atoms with Crippen molar-refractivity contribution < 1.29 is 14.4 Å². The van der Waals surface area contributed by atoms with Crippen LogP contribution in [-0.2, 0) is 14.4 Å². The second-order valence-electron chi connectivity index (χ2n) is 5.97. The van der Waals surface area contributed by atoms with E-state index in [1.807, 2.05) is 6.92 Å². The number of Topliss-reactive ketones (excluding diaryl/α,β-unsaturated/α-hetero) is 2. The van der Waals surface area contributed by atoms with Crippen LogP contribution in [0.2, 0.25) is 0 Å². The summed E-state index contributed by atoms with van der Waals surface area (Å²) >= 11 is 0. The lowest BCUT2D eigenvalue weighted by Gasteiger charge is -2.27. The first-order chi connectivity index (χ1) is 9.72. The minimum atomic E-state index is -0.368. The Morgan fingerprint density at radius 3 is 2.05 bits per heavy atom. The molecule has 0 aromatic heterocycles. The number of nitrogens with two attached hydrogens (primary N) is 1. The van der Waals surface area contributed by atoms with Crippen LogP contribution in [0.4, 0.5) is 0 Å². The summed E-state index contributed by atoms with van der Waals surface area (Å²) in [4.78, 5) is 36.1. The van der Waals surface area contributed by atoms with Crippen LogP contribution in [0.25, 0.3) is 0 Å². The number of carbonyl (C=O) groups is 3. The second-order valence-corrected chi connectivity index (χ2v) is 5.97. The van der Waals surface area contributed by atoms with E-state index >= 15 is 0 Å². The van der Waals surface area contributed by atoms with E-state index in [4.69, 9.17) is 5.73 Å². The van der Waals surface area contributed by atoms with Crippen molar-refractivity contribution in [3.05, 3.63) is 22.3 Å². The molecule has 0 fully saturated rings.